The predicted molar refractivity (Wildman–Crippen MR) is 150 cm³/mol. The molecule has 6 N–H and O–H groups in total. The average molecular weight is 552 g/mol. The Labute approximate surface area is 231 Å². The van der Waals surface area contributed by atoms with Gasteiger partial charge in [-0.2, -0.15) is 12.6 Å². The van der Waals surface area contributed by atoms with Crippen molar-refractivity contribution >= 4 is 47.2 Å². The van der Waals surface area contributed by atoms with Crippen molar-refractivity contribution in [2.24, 2.45) is 0 Å². The van der Waals surface area contributed by atoms with Gasteiger partial charge in [0.2, 0.25) is 17.7 Å². The highest BCUT2D eigenvalue weighted by molar-refractivity contribution is 7.80. The third kappa shape index (κ3) is 7.39. The first kappa shape index (κ1) is 28.2. The summed E-state index contributed by atoms with van der Waals surface area (Å²) in [5, 5.41) is 21.9. The fourth-order valence-corrected chi connectivity index (χ4v) is 4.96. The predicted octanol–water partition coefficient (Wildman–Crippen LogP) is 1.17. The van der Waals surface area contributed by atoms with Gasteiger partial charge in [-0.3, -0.25) is 14.4 Å². The van der Waals surface area contributed by atoms with Gasteiger partial charge in [0, 0.05) is 35.7 Å². The third-order valence-corrected chi connectivity index (χ3v) is 7.19. The molecule has 2 heterocycles. The van der Waals surface area contributed by atoms with Crippen LogP contribution in [0.5, 0.6) is 0 Å². The number of aromatic nitrogens is 1. The number of H-pyrrole nitrogens is 1. The molecule has 0 saturated carbocycles. The molecule has 2 aromatic carbocycles. The molecular formula is C28H33N5O5S. The molecule has 0 radical (unpaired) electrons. The number of thiol groups is 1. The topological polar surface area (TPSA) is 152 Å². The minimum absolute atomic E-state index is 0.0300. The molecule has 0 bridgehead atoms. The molecule has 10 nitrogen and oxygen atoms in total. The van der Waals surface area contributed by atoms with Crippen LogP contribution < -0.4 is 21.3 Å². The second-order valence-corrected chi connectivity index (χ2v) is 9.97. The molecule has 1 aliphatic rings. The Bertz CT molecular complexity index is 1310. The van der Waals surface area contributed by atoms with Crippen LogP contribution in [0.1, 0.15) is 24.0 Å². The summed E-state index contributed by atoms with van der Waals surface area (Å²) in [5.41, 5.74) is 2.40. The number of carbonyl (C=O) groups excluding carboxylic acids is 3. The fraction of sp³-hybridized carbons (Fsp3) is 0.357. The van der Waals surface area contributed by atoms with Gasteiger partial charge in [-0.05, 0) is 36.6 Å². The fourth-order valence-electron chi connectivity index (χ4n) is 4.70. The van der Waals surface area contributed by atoms with Crippen LogP contribution in [0.4, 0.5) is 0 Å². The summed E-state index contributed by atoms with van der Waals surface area (Å²) in [5.74, 6) is -2.67. The minimum Gasteiger partial charge on any atom is -0.480 e. The average Bonchev–Trinajstić information content (AvgIpc) is 3.62. The van der Waals surface area contributed by atoms with Gasteiger partial charge in [0.05, 0.1) is 6.04 Å². The Kier molecular flexibility index (Phi) is 9.61. The number of benzene rings is 2. The molecule has 3 aromatic rings. The van der Waals surface area contributed by atoms with Gasteiger partial charge in [-0.25, -0.2) is 4.79 Å². The van der Waals surface area contributed by atoms with E-state index in [1.54, 1.807) is 6.20 Å². The number of carboxylic acids is 1. The monoisotopic (exact) mass is 551 g/mol. The Morgan fingerprint density at radius 1 is 0.897 bits per heavy atom. The molecule has 1 fully saturated rings. The summed E-state index contributed by atoms with van der Waals surface area (Å²) in [6.07, 6.45) is 3.47. The van der Waals surface area contributed by atoms with Crippen LogP contribution in [0.2, 0.25) is 0 Å². The first-order valence-electron chi connectivity index (χ1n) is 12.9. The van der Waals surface area contributed by atoms with Crippen molar-refractivity contribution in [3.8, 4) is 0 Å². The van der Waals surface area contributed by atoms with E-state index in [1.165, 1.54) is 0 Å². The molecule has 0 spiro atoms. The molecular weight excluding hydrogens is 518 g/mol. The largest absolute Gasteiger partial charge is 0.480 e. The minimum atomic E-state index is -1.22. The number of aromatic amines is 1. The summed E-state index contributed by atoms with van der Waals surface area (Å²) in [6, 6.07) is 13.0. The van der Waals surface area contributed by atoms with E-state index in [-0.39, 0.29) is 30.5 Å². The van der Waals surface area contributed by atoms with Gasteiger partial charge in [0.1, 0.15) is 18.1 Å². The summed E-state index contributed by atoms with van der Waals surface area (Å²) in [4.78, 5) is 54.4. The standard InChI is InChI=1S/C28H33N5O5S/c34-25(21-11-6-12-29-21)33-24(16-39)27(36)31-22(13-17-7-2-1-3-8-17)26(35)32-23(28(37)38)14-18-15-30-20-10-5-4-9-19(18)20/h1-5,7-10,15,21-24,29-30,39H,6,11-14,16H2,(H,31,36)(H,32,35)(H,33,34)(H,37,38). The van der Waals surface area contributed by atoms with Gasteiger partial charge in [-0.1, -0.05) is 48.5 Å². The lowest BCUT2D eigenvalue weighted by Crippen LogP contribution is -2.58. The van der Waals surface area contributed by atoms with Gasteiger partial charge in [0.25, 0.3) is 0 Å². The number of hydrogen-bond donors (Lipinski definition) is 7. The van der Waals surface area contributed by atoms with Crippen molar-refractivity contribution in [3.05, 3.63) is 71.9 Å². The number of amides is 3. The number of hydrogen-bond acceptors (Lipinski definition) is 6. The van der Waals surface area contributed by atoms with Crippen molar-refractivity contribution in [3.63, 3.8) is 0 Å². The molecule has 4 atom stereocenters. The van der Waals surface area contributed by atoms with E-state index in [9.17, 15) is 24.3 Å². The first-order valence-corrected chi connectivity index (χ1v) is 13.6. The first-order chi connectivity index (χ1) is 18.9. The van der Waals surface area contributed by atoms with Gasteiger partial charge < -0.3 is 31.4 Å². The Morgan fingerprint density at radius 2 is 1.59 bits per heavy atom. The second-order valence-electron chi connectivity index (χ2n) is 9.61. The van der Waals surface area contributed by atoms with Crippen LogP contribution in [0, 0.1) is 0 Å². The van der Waals surface area contributed by atoms with Gasteiger partial charge >= 0.3 is 5.97 Å². The molecule has 1 saturated heterocycles. The van der Waals surface area contributed by atoms with Crippen molar-refractivity contribution in [2.45, 2.75) is 49.9 Å². The van der Waals surface area contributed by atoms with Crippen LogP contribution in [0.15, 0.2) is 60.8 Å². The quantitative estimate of drug-likeness (QED) is 0.168. The summed E-state index contributed by atoms with van der Waals surface area (Å²) in [7, 11) is 0. The van der Waals surface area contributed by atoms with E-state index in [0.717, 1.165) is 35.0 Å². The molecule has 3 amide bonds. The molecule has 1 aromatic heterocycles. The number of carboxylic acid groups (broad SMARTS) is 1. The second kappa shape index (κ2) is 13.3. The van der Waals surface area contributed by atoms with E-state index >= 15 is 0 Å². The highest BCUT2D eigenvalue weighted by Gasteiger charge is 2.31. The highest BCUT2D eigenvalue weighted by Crippen LogP contribution is 2.19. The number of rotatable bonds is 12. The van der Waals surface area contributed by atoms with Crippen LogP contribution in [-0.2, 0) is 32.0 Å². The molecule has 1 aliphatic heterocycles. The Morgan fingerprint density at radius 3 is 2.28 bits per heavy atom. The molecule has 39 heavy (non-hydrogen) atoms. The van der Waals surface area contributed by atoms with E-state index < -0.39 is 35.9 Å². The zero-order valence-electron chi connectivity index (χ0n) is 21.4. The van der Waals surface area contributed by atoms with E-state index in [0.29, 0.717) is 6.42 Å². The molecule has 4 rings (SSSR count). The molecule has 206 valence electrons. The zero-order valence-corrected chi connectivity index (χ0v) is 22.2. The summed E-state index contributed by atoms with van der Waals surface area (Å²) < 4.78 is 0. The number of para-hydroxylation sites is 1. The van der Waals surface area contributed by atoms with Crippen LogP contribution >= 0.6 is 12.6 Å². The highest BCUT2D eigenvalue weighted by atomic mass is 32.1. The Hall–Kier alpha value is -3.83. The zero-order chi connectivity index (χ0) is 27.8. The lowest BCUT2D eigenvalue weighted by atomic mass is 10.0. The van der Waals surface area contributed by atoms with E-state index in [4.69, 9.17) is 0 Å². The SMILES string of the molecule is O=C(O)C(Cc1c[nH]c2ccccc12)NC(=O)C(Cc1ccccc1)NC(=O)C(CS)NC(=O)C1CCCN1. The summed E-state index contributed by atoms with van der Waals surface area (Å²) in [6.45, 7) is 0.735. The maximum Gasteiger partial charge on any atom is 0.326 e. The van der Waals surface area contributed by atoms with Crippen LogP contribution in [-0.4, -0.2) is 70.2 Å². The summed E-state index contributed by atoms with van der Waals surface area (Å²) >= 11 is 4.23. The van der Waals surface area contributed by atoms with Crippen molar-refractivity contribution in [1.29, 1.82) is 0 Å². The maximum atomic E-state index is 13.4. The molecule has 11 heteroatoms. The van der Waals surface area contributed by atoms with Crippen molar-refractivity contribution in [2.75, 3.05) is 12.3 Å². The van der Waals surface area contributed by atoms with Gasteiger partial charge in [0.15, 0.2) is 0 Å². The number of nitrogens with one attached hydrogen (secondary N) is 5. The Balaban J connectivity index is 1.48. The van der Waals surface area contributed by atoms with E-state index in [1.807, 2.05) is 54.6 Å². The van der Waals surface area contributed by atoms with Gasteiger partial charge in [-0.15, -0.1) is 0 Å². The van der Waals surface area contributed by atoms with Crippen LogP contribution in [0.25, 0.3) is 10.9 Å². The number of aliphatic carboxylic acids is 1. The lowest BCUT2D eigenvalue weighted by molar-refractivity contribution is -0.142. The van der Waals surface area contributed by atoms with Crippen LogP contribution in [0.3, 0.4) is 0 Å². The van der Waals surface area contributed by atoms with E-state index in [2.05, 4.69) is 38.9 Å². The third-order valence-electron chi connectivity index (χ3n) is 6.82. The van der Waals surface area contributed by atoms with Crippen molar-refractivity contribution < 1.29 is 24.3 Å². The number of carbonyl (C=O) groups is 4. The molecule has 0 aliphatic carbocycles. The number of fused-ring (bicyclic) bond motifs is 1. The lowest BCUT2D eigenvalue weighted by Gasteiger charge is -2.24. The maximum absolute atomic E-state index is 13.4. The normalized spacial score (nSPS) is 17.2. The smallest absolute Gasteiger partial charge is 0.326 e. The van der Waals surface area contributed by atoms with Crippen molar-refractivity contribution in [1.82, 2.24) is 26.3 Å². The molecule has 4 unspecified atom stereocenters.